The van der Waals surface area contributed by atoms with Crippen molar-refractivity contribution in [2.75, 3.05) is 26.2 Å². The maximum atomic E-state index is 12.2. The molecule has 0 aromatic heterocycles. The van der Waals surface area contributed by atoms with Gasteiger partial charge in [0.2, 0.25) is 35.4 Å². The number of carbonyl (C=O) groups excluding carboxylic acids is 6. The highest BCUT2D eigenvalue weighted by Crippen LogP contribution is 2.26. The standard InChI is InChI=1S/C22H37N5O6/c1-5-23-18(29)12-25-21(32)15(4)26-19(30)13-24-17(28)9-7-6-8-10-27-20(31)11-16(14(2)3)22(27)33/h14-16H,5-13H2,1-4H3,(H,23,29)(H,24,28)(H,25,32)(H,26,30). The molecule has 1 fully saturated rings. The van der Waals surface area contributed by atoms with E-state index in [9.17, 15) is 28.8 Å². The summed E-state index contributed by atoms with van der Waals surface area (Å²) in [5.74, 6) is -1.98. The van der Waals surface area contributed by atoms with Crippen molar-refractivity contribution in [1.29, 1.82) is 0 Å². The van der Waals surface area contributed by atoms with E-state index in [1.54, 1.807) is 6.92 Å². The van der Waals surface area contributed by atoms with Crippen LogP contribution in [0.25, 0.3) is 0 Å². The molecule has 1 aliphatic rings. The minimum atomic E-state index is -0.852. The van der Waals surface area contributed by atoms with Crippen LogP contribution in [-0.4, -0.2) is 72.6 Å². The molecule has 0 aromatic carbocycles. The predicted molar refractivity (Wildman–Crippen MR) is 120 cm³/mol. The van der Waals surface area contributed by atoms with E-state index >= 15 is 0 Å². The number of hydrogen-bond acceptors (Lipinski definition) is 6. The van der Waals surface area contributed by atoms with Crippen LogP contribution < -0.4 is 21.3 Å². The van der Waals surface area contributed by atoms with Crippen LogP contribution in [0.5, 0.6) is 0 Å². The molecule has 0 bridgehead atoms. The van der Waals surface area contributed by atoms with Crippen LogP contribution in [0, 0.1) is 11.8 Å². The molecule has 6 amide bonds. The molecule has 0 spiro atoms. The second kappa shape index (κ2) is 14.2. The van der Waals surface area contributed by atoms with Crippen molar-refractivity contribution in [3.63, 3.8) is 0 Å². The van der Waals surface area contributed by atoms with E-state index in [2.05, 4.69) is 21.3 Å². The summed E-state index contributed by atoms with van der Waals surface area (Å²) in [4.78, 5) is 72.6. The van der Waals surface area contributed by atoms with E-state index in [0.29, 0.717) is 32.4 Å². The lowest BCUT2D eigenvalue weighted by Crippen LogP contribution is -2.49. The van der Waals surface area contributed by atoms with Crippen molar-refractivity contribution in [3.05, 3.63) is 0 Å². The van der Waals surface area contributed by atoms with Crippen molar-refractivity contribution in [1.82, 2.24) is 26.2 Å². The summed E-state index contributed by atoms with van der Waals surface area (Å²) in [6.07, 6.45) is 2.35. The van der Waals surface area contributed by atoms with Crippen LogP contribution in [0.15, 0.2) is 0 Å². The monoisotopic (exact) mass is 467 g/mol. The number of carbonyl (C=O) groups is 6. The summed E-state index contributed by atoms with van der Waals surface area (Å²) >= 11 is 0. The smallest absolute Gasteiger partial charge is 0.242 e. The summed E-state index contributed by atoms with van der Waals surface area (Å²) < 4.78 is 0. The van der Waals surface area contributed by atoms with Crippen molar-refractivity contribution < 1.29 is 28.8 Å². The van der Waals surface area contributed by atoms with Gasteiger partial charge in [-0.05, 0) is 32.6 Å². The maximum absolute atomic E-state index is 12.2. The number of likely N-dealkylation sites (N-methyl/N-ethyl adjacent to an activating group) is 1. The Hall–Kier alpha value is -2.98. The molecular weight excluding hydrogens is 430 g/mol. The zero-order valence-corrected chi connectivity index (χ0v) is 20.0. The van der Waals surface area contributed by atoms with Crippen LogP contribution in [0.4, 0.5) is 0 Å². The van der Waals surface area contributed by atoms with Crippen molar-refractivity contribution in [2.45, 2.75) is 65.8 Å². The maximum Gasteiger partial charge on any atom is 0.242 e. The fraction of sp³-hybridized carbons (Fsp3) is 0.727. The van der Waals surface area contributed by atoms with Gasteiger partial charge in [0.25, 0.3) is 0 Å². The molecular formula is C22H37N5O6. The third-order valence-electron chi connectivity index (χ3n) is 5.38. The SMILES string of the molecule is CCNC(=O)CNC(=O)C(C)NC(=O)CNC(=O)CCCCCN1C(=O)CC(C(C)C)C1=O. The molecule has 186 valence electrons. The largest absolute Gasteiger partial charge is 0.355 e. The van der Waals surface area contributed by atoms with Gasteiger partial charge in [-0.1, -0.05) is 20.3 Å². The van der Waals surface area contributed by atoms with Gasteiger partial charge in [-0.2, -0.15) is 0 Å². The first-order valence-corrected chi connectivity index (χ1v) is 11.5. The Bertz CT molecular complexity index is 739. The van der Waals surface area contributed by atoms with E-state index in [4.69, 9.17) is 0 Å². The van der Waals surface area contributed by atoms with E-state index in [-0.39, 0.29) is 61.4 Å². The number of nitrogens with zero attached hydrogens (tertiary/aromatic N) is 1. The first-order valence-electron chi connectivity index (χ1n) is 11.5. The summed E-state index contributed by atoms with van der Waals surface area (Å²) in [6.45, 7) is 7.48. The molecule has 11 nitrogen and oxygen atoms in total. The van der Waals surface area contributed by atoms with Gasteiger partial charge >= 0.3 is 0 Å². The van der Waals surface area contributed by atoms with Gasteiger partial charge in [0.05, 0.1) is 13.1 Å². The Morgan fingerprint density at radius 2 is 1.58 bits per heavy atom. The zero-order valence-electron chi connectivity index (χ0n) is 20.0. The molecule has 2 atom stereocenters. The molecule has 0 radical (unpaired) electrons. The lowest BCUT2D eigenvalue weighted by Gasteiger charge is -2.16. The molecule has 1 rings (SSSR count). The predicted octanol–water partition coefficient (Wildman–Crippen LogP) is -0.549. The number of hydrogen-bond donors (Lipinski definition) is 4. The quantitative estimate of drug-likeness (QED) is 0.199. The van der Waals surface area contributed by atoms with Gasteiger partial charge in [-0.25, -0.2) is 0 Å². The average molecular weight is 468 g/mol. The first-order chi connectivity index (χ1) is 15.6. The molecule has 2 unspecified atom stereocenters. The number of likely N-dealkylation sites (tertiary alicyclic amines) is 1. The summed E-state index contributed by atoms with van der Waals surface area (Å²) in [7, 11) is 0. The summed E-state index contributed by atoms with van der Waals surface area (Å²) in [5, 5.41) is 9.90. The highest BCUT2D eigenvalue weighted by molar-refractivity contribution is 6.03. The van der Waals surface area contributed by atoms with Crippen molar-refractivity contribution >= 4 is 35.4 Å². The lowest BCUT2D eigenvalue weighted by atomic mass is 9.94. The number of nitrogens with one attached hydrogen (secondary N) is 4. The Kier molecular flexibility index (Phi) is 12.1. The van der Waals surface area contributed by atoms with E-state index in [1.807, 2.05) is 13.8 Å². The number of amides is 6. The number of unbranched alkanes of at least 4 members (excludes halogenated alkanes) is 2. The Labute approximate surface area is 194 Å². The lowest BCUT2D eigenvalue weighted by molar-refractivity contribution is -0.140. The molecule has 33 heavy (non-hydrogen) atoms. The summed E-state index contributed by atoms with van der Waals surface area (Å²) in [5.41, 5.74) is 0. The fourth-order valence-corrected chi connectivity index (χ4v) is 3.40. The second-order valence-corrected chi connectivity index (χ2v) is 8.49. The summed E-state index contributed by atoms with van der Waals surface area (Å²) in [6, 6.07) is -0.852. The Morgan fingerprint density at radius 3 is 2.18 bits per heavy atom. The van der Waals surface area contributed by atoms with E-state index in [1.165, 1.54) is 11.8 Å². The Morgan fingerprint density at radius 1 is 0.909 bits per heavy atom. The third-order valence-corrected chi connectivity index (χ3v) is 5.38. The fourth-order valence-electron chi connectivity index (χ4n) is 3.40. The van der Waals surface area contributed by atoms with Crippen molar-refractivity contribution in [3.8, 4) is 0 Å². The van der Waals surface area contributed by atoms with Crippen LogP contribution in [0.2, 0.25) is 0 Å². The Balaban J connectivity index is 2.17. The first kappa shape index (κ1) is 28.1. The third kappa shape index (κ3) is 10.0. The molecule has 0 aliphatic carbocycles. The minimum Gasteiger partial charge on any atom is -0.355 e. The van der Waals surface area contributed by atoms with Gasteiger partial charge in [0.15, 0.2) is 0 Å². The van der Waals surface area contributed by atoms with Gasteiger partial charge in [0.1, 0.15) is 6.04 Å². The highest BCUT2D eigenvalue weighted by Gasteiger charge is 2.39. The van der Waals surface area contributed by atoms with E-state index < -0.39 is 17.9 Å². The number of imide groups is 1. The normalized spacial score (nSPS) is 16.5. The van der Waals surface area contributed by atoms with Crippen molar-refractivity contribution in [2.24, 2.45) is 11.8 Å². The minimum absolute atomic E-state index is 0.106. The topological polar surface area (TPSA) is 154 Å². The van der Waals surface area contributed by atoms with Gasteiger partial charge < -0.3 is 21.3 Å². The van der Waals surface area contributed by atoms with Crippen LogP contribution in [0.3, 0.4) is 0 Å². The van der Waals surface area contributed by atoms with Crippen LogP contribution >= 0.6 is 0 Å². The zero-order chi connectivity index (χ0) is 25.0. The average Bonchev–Trinajstić information content (AvgIpc) is 3.04. The highest BCUT2D eigenvalue weighted by atomic mass is 16.2. The second-order valence-electron chi connectivity index (χ2n) is 8.49. The van der Waals surface area contributed by atoms with Gasteiger partial charge in [-0.15, -0.1) is 0 Å². The molecule has 1 aliphatic heterocycles. The molecule has 1 saturated heterocycles. The molecule has 1 heterocycles. The molecule has 4 N–H and O–H groups in total. The number of rotatable bonds is 14. The molecule has 11 heteroatoms. The van der Waals surface area contributed by atoms with E-state index in [0.717, 1.165) is 0 Å². The molecule has 0 aromatic rings. The molecule has 0 saturated carbocycles. The van der Waals surface area contributed by atoms with Crippen LogP contribution in [0.1, 0.15) is 59.8 Å². The van der Waals surface area contributed by atoms with Gasteiger partial charge in [-0.3, -0.25) is 33.7 Å². The van der Waals surface area contributed by atoms with Crippen LogP contribution in [-0.2, 0) is 28.8 Å². The van der Waals surface area contributed by atoms with Gasteiger partial charge in [0, 0.05) is 31.8 Å².